The van der Waals surface area contributed by atoms with E-state index < -0.39 is 0 Å². The standard InChI is InChI=1S/C21H31N3O3/c1-26-20-14-16(6-7-19(20)27-18-4-2-3-5-18)21(25)24-11-8-17(15-24)23-12-9-22-10-13-23/h6-7,14,17-18,22H,2-5,8-13,15H2,1H3. The van der Waals surface area contributed by atoms with Gasteiger partial charge < -0.3 is 19.7 Å². The fraction of sp³-hybridized carbons (Fsp3) is 0.667. The van der Waals surface area contributed by atoms with Crippen molar-refractivity contribution in [3.05, 3.63) is 23.8 Å². The molecule has 0 radical (unpaired) electrons. The fourth-order valence-corrected chi connectivity index (χ4v) is 4.54. The van der Waals surface area contributed by atoms with E-state index in [0.29, 0.717) is 17.4 Å². The highest BCUT2D eigenvalue weighted by atomic mass is 16.5. The van der Waals surface area contributed by atoms with E-state index >= 15 is 0 Å². The van der Waals surface area contributed by atoms with Gasteiger partial charge in [0.1, 0.15) is 0 Å². The van der Waals surface area contributed by atoms with Gasteiger partial charge in [-0.05, 0) is 50.3 Å². The predicted molar refractivity (Wildman–Crippen MR) is 105 cm³/mol. The third-order valence-electron chi connectivity index (χ3n) is 6.12. The fourth-order valence-electron chi connectivity index (χ4n) is 4.54. The predicted octanol–water partition coefficient (Wildman–Crippen LogP) is 2.14. The number of rotatable bonds is 5. The van der Waals surface area contributed by atoms with Gasteiger partial charge in [0.15, 0.2) is 11.5 Å². The molecule has 4 rings (SSSR count). The van der Waals surface area contributed by atoms with Crippen molar-refractivity contribution in [3.63, 3.8) is 0 Å². The Hall–Kier alpha value is -1.79. The van der Waals surface area contributed by atoms with Crippen LogP contribution in [0.2, 0.25) is 0 Å². The van der Waals surface area contributed by atoms with Gasteiger partial charge in [0.05, 0.1) is 13.2 Å². The second-order valence-electron chi connectivity index (χ2n) is 7.87. The van der Waals surface area contributed by atoms with Crippen LogP contribution in [-0.4, -0.2) is 74.2 Å². The summed E-state index contributed by atoms with van der Waals surface area (Å²) in [5, 5.41) is 3.39. The van der Waals surface area contributed by atoms with Crippen molar-refractivity contribution in [2.75, 3.05) is 46.4 Å². The van der Waals surface area contributed by atoms with Gasteiger partial charge in [0.2, 0.25) is 0 Å². The second-order valence-corrected chi connectivity index (χ2v) is 7.87. The molecule has 0 aromatic heterocycles. The van der Waals surface area contributed by atoms with Crippen LogP contribution < -0.4 is 14.8 Å². The molecular weight excluding hydrogens is 342 g/mol. The number of carbonyl (C=O) groups is 1. The van der Waals surface area contributed by atoms with Crippen molar-refractivity contribution in [1.29, 1.82) is 0 Å². The summed E-state index contributed by atoms with van der Waals surface area (Å²) in [5.74, 6) is 1.50. The molecule has 0 spiro atoms. The molecule has 1 aliphatic carbocycles. The molecule has 6 nitrogen and oxygen atoms in total. The molecule has 1 atom stereocenters. The first-order chi connectivity index (χ1) is 13.2. The minimum absolute atomic E-state index is 0.0957. The Morgan fingerprint density at radius 2 is 1.85 bits per heavy atom. The van der Waals surface area contributed by atoms with Gasteiger partial charge in [0, 0.05) is 50.9 Å². The third kappa shape index (κ3) is 4.22. The summed E-state index contributed by atoms with van der Waals surface area (Å²) in [6.07, 6.45) is 6.00. The average molecular weight is 373 g/mol. The van der Waals surface area contributed by atoms with Gasteiger partial charge in [0.25, 0.3) is 5.91 Å². The number of ether oxygens (including phenoxy) is 2. The van der Waals surface area contributed by atoms with Crippen LogP contribution in [0.4, 0.5) is 0 Å². The Balaban J connectivity index is 1.40. The number of hydrogen-bond donors (Lipinski definition) is 1. The monoisotopic (exact) mass is 373 g/mol. The van der Waals surface area contributed by atoms with Gasteiger partial charge in [-0.3, -0.25) is 9.69 Å². The van der Waals surface area contributed by atoms with Crippen molar-refractivity contribution < 1.29 is 14.3 Å². The summed E-state index contributed by atoms with van der Waals surface area (Å²) in [4.78, 5) is 17.5. The Bertz CT molecular complexity index is 654. The topological polar surface area (TPSA) is 54.0 Å². The van der Waals surface area contributed by atoms with Crippen molar-refractivity contribution in [1.82, 2.24) is 15.1 Å². The van der Waals surface area contributed by atoms with Crippen LogP contribution in [0, 0.1) is 0 Å². The van der Waals surface area contributed by atoms with Crippen LogP contribution in [0.15, 0.2) is 18.2 Å². The molecule has 1 aromatic rings. The number of nitrogens with one attached hydrogen (secondary N) is 1. The first kappa shape index (κ1) is 18.6. The van der Waals surface area contributed by atoms with Crippen LogP contribution in [0.1, 0.15) is 42.5 Å². The van der Waals surface area contributed by atoms with Gasteiger partial charge in [-0.2, -0.15) is 0 Å². The lowest BCUT2D eigenvalue weighted by molar-refractivity contribution is 0.0773. The van der Waals surface area contributed by atoms with Gasteiger partial charge in [-0.15, -0.1) is 0 Å². The van der Waals surface area contributed by atoms with Crippen molar-refractivity contribution in [2.45, 2.75) is 44.2 Å². The van der Waals surface area contributed by atoms with Crippen LogP contribution in [0.25, 0.3) is 0 Å². The largest absolute Gasteiger partial charge is 0.493 e. The minimum Gasteiger partial charge on any atom is -0.493 e. The molecule has 1 N–H and O–H groups in total. The first-order valence-electron chi connectivity index (χ1n) is 10.3. The summed E-state index contributed by atoms with van der Waals surface area (Å²) < 4.78 is 11.6. The summed E-state index contributed by atoms with van der Waals surface area (Å²) in [7, 11) is 1.64. The van der Waals surface area contributed by atoms with Gasteiger partial charge >= 0.3 is 0 Å². The lowest BCUT2D eigenvalue weighted by atomic mass is 10.1. The van der Waals surface area contributed by atoms with Crippen LogP contribution in [-0.2, 0) is 0 Å². The van der Waals surface area contributed by atoms with E-state index in [0.717, 1.165) is 64.3 Å². The molecule has 27 heavy (non-hydrogen) atoms. The molecule has 3 aliphatic rings. The van der Waals surface area contributed by atoms with E-state index in [1.54, 1.807) is 7.11 Å². The number of piperazine rings is 1. The zero-order chi connectivity index (χ0) is 18.6. The van der Waals surface area contributed by atoms with E-state index in [2.05, 4.69) is 10.2 Å². The Morgan fingerprint density at radius 1 is 1.07 bits per heavy atom. The zero-order valence-corrected chi connectivity index (χ0v) is 16.3. The maximum Gasteiger partial charge on any atom is 0.254 e. The summed E-state index contributed by atoms with van der Waals surface area (Å²) >= 11 is 0. The smallest absolute Gasteiger partial charge is 0.254 e. The summed E-state index contributed by atoms with van der Waals surface area (Å²) in [6.45, 7) is 5.90. The average Bonchev–Trinajstić information content (AvgIpc) is 3.40. The Labute approximate surface area is 161 Å². The SMILES string of the molecule is COc1cc(C(=O)N2CCC(N3CCNCC3)C2)ccc1OC1CCCC1. The molecule has 2 aliphatic heterocycles. The molecule has 2 saturated heterocycles. The molecule has 1 aromatic carbocycles. The van der Waals surface area contributed by atoms with Gasteiger partial charge in [-0.25, -0.2) is 0 Å². The highest BCUT2D eigenvalue weighted by molar-refractivity contribution is 5.95. The quantitative estimate of drug-likeness (QED) is 0.857. The molecule has 1 unspecified atom stereocenters. The van der Waals surface area contributed by atoms with E-state index in [9.17, 15) is 4.79 Å². The molecule has 2 heterocycles. The molecule has 6 heteroatoms. The summed E-state index contributed by atoms with van der Waals surface area (Å²) in [6, 6.07) is 6.11. The minimum atomic E-state index is 0.0957. The van der Waals surface area contributed by atoms with E-state index in [4.69, 9.17) is 9.47 Å². The zero-order valence-electron chi connectivity index (χ0n) is 16.3. The highest BCUT2D eigenvalue weighted by Gasteiger charge is 2.31. The van der Waals surface area contributed by atoms with Crippen LogP contribution in [0.5, 0.6) is 11.5 Å². The number of amides is 1. The second kappa shape index (κ2) is 8.48. The van der Waals surface area contributed by atoms with Crippen LogP contribution in [0.3, 0.4) is 0 Å². The number of nitrogens with zero attached hydrogens (tertiary/aromatic N) is 2. The number of likely N-dealkylation sites (tertiary alicyclic amines) is 1. The van der Waals surface area contributed by atoms with Crippen molar-refractivity contribution in [2.24, 2.45) is 0 Å². The normalized spacial score (nSPS) is 24.3. The van der Waals surface area contributed by atoms with Crippen molar-refractivity contribution in [3.8, 4) is 11.5 Å². The molecule has 148 valence electrons. The van der Waals surface area contributed by atoms with E-state index in [1.807, 2.05) is 23.1 Å². The molecule has 0 bridgehead atoms. The number of hydrogen-bond acceptors (Lipinski definition) is 5. The third-order valence-corrected chi connectivity index (χ3v) is 6.12. The maximum atomic E-state index is 13.0. The Morgan fingerprint density at radius 3 is 2.59 bits per heavy atom. The van der Waals surface area contributed by atoms with Crippen LogP contribution >= 0.6 is 0 Å². The summed E-state index contributed by atoms with van der Waals surface area (Å²) in [5.41, 5.74) is 0.687. The number of benzene rings is 1. The number of carbonyl (C=O) groups excluding carboxylic acids is 1. The Kier molecular flexibility index (Phi) is 5.83. The molecule has 1 saturated carbocycles. The lowest BCUT2D eigenvalue weighted by Gasteiger charge is -2.32. The molecule has 3 fully saturated rings. The van der Waals surface area contributed by atoms with E-state index in [1.165, 1.54) is 12.8 Å². The lowest BCUT2D eigenvalue weighted by Crippen LogP contribution is -2.49. The highest BCUT2D eigenvalue weighted by Crippen LogP contribution is 2.33. The van der Waals surface area contributed by atoms with Gasteiger partial charge in [-0.1, -0.05) is 0 Å². The van der Waals surface area contributed by atoms with E-state index in [-0.39, 0.29) is 12.0 Å². The van der Waals surface area contributed by atoms with Crippen molar-refractivity contribution >= 4 is 5.91 Å². The maximum absolute atomic E-state index is 13.0. The molecular formula is C21H31N3O3. The number of methoxy groups -OCH3 is 1. The molecule has 1 amide bonds. The first-order valence-corrected chi connectivity index (χ1v) is 10.3.